The first-order valence-electron chi connectivity index (χ1n) is 2.29. The molecule has 0 aliphatic carbocycles. The number of hydrogen-bond acceptors (Lipinski definition) is 1. The van der Waals surface area contributed by atoms with Crippen molar-refractivity contribution >= 4 is 11.2 Å². The quantitative estimate of drug-likeness (QED) is 0.337. The Kier molecular flexibility index (Phi) is 1.40. The van der Waals surface area contributed by atoms with Crippen LogP contribution in [-0.4, -0.2) is 16.1 Å². The van der Waals surface area contributed by atoms with Gasteiger partial charge in [0.2, 0.25) is 0 Å². The van der Waals surface area contributed by atoms with Gasteiger partial charge in [-0.25, -0.2) is 0 Å². The minimum Gasteiger partial charge on any atom is -0.616 e. The van der Waals surface area contributed by atoms with Gasteiger partial charge in [0, 0.05) is 0 Å². The maximum absolute atomic E-state index is 10.5. The van der Waals surface area contributed by atoms with E-state index in [9.17, 15) is 4.55 Å². The predicted molar refractivity (Wildman–Crippen MR) is 31.6 cm³/mol. The second kappa shape index (κ2) is 1.88. The molecule has 0 aromatic heterocycles. The van der Waals surface area contributed by atoms with Gasteiger partial charge in [-0.3, -0.25) is 0 Å². The molecule has 40 valence electrons. The van der Waals surface area contributed by atoms with Gasteiger partial charge in [-0.1, -0.05) is 0 Å². The van der Waals surface area contributed by atoms with Crippen LogP contribution in [0.3, 0.4) is 0 Å². The zero-order valence-electron chi connectivity index (χ0n) is 4.31. The summed E-state index contributed by atoms with van der Waals surface area (Å²) in [5.74, 6) is 1.59. The highest BCUT2D eigenvalue weighted by molar-refractivity contribution is 7.92. The Balaban J connectivity index is 2.42. The van der Waals surface area contributed by atoms with Crippen LogP contribution >= 0.6 is 0 Å². The third-order valence-corrected chi connectivity index (χ3v) is 2.32. The molecular formula is C5H8OS. The Morgan fingerprint density at radius 3 is 2.71 bits per heavy atom. The van der Waals surface area contributed by atoms with Crippen molar-refractivity contribution < 1.29 is 4.55 Å². The topological polar surface area (TPSA) is 23.1 Å². The standard InChI is InChI=1S/C5H8OS/c1-5-2-3-7(6)4-5/h2H,3-4H2,1H3. The smallest absolute Gasteiger partial charge is 0.126 e. The van der Waals surface area contributed by atoms with Crippen molar-refractivity contribution in [3.05, 3.63) is 11.6 Å². The fourth-order valence-electron chi connectivity index (χ4n) is 0.607. The molecular weight excluding hydrogens is 108 g/mol. The summed E-state index contributed by atoms with van der Waals surface area (Å²) in [4.78, 5) is 0. The Labute approximate surface area is 46.6 Å². The van der Waals surface area contributed by atoms with Crippen LogP contribution in [-0.2, 0) is 11.2 Å². The molecule has 0 fully saturated rings. The van der Waals surface area contributed by atoms with Crippen molar-refractivity contribution in [2.24, 2.45) is 0 Å². The summed E-state index contributed by atoms with van der Waals surface area (Å²) in [5.41, 5.74) is 1.28. The molecule has 1 heterocycles. The molecule has 7 heavy (non-hydrogen) atoms. The molecule has 1 aliphatic heterocycles. The molecule has 0 amide bonds. The normalized spacial score (nSPS) is 30.6. The fourth-order valence-corrected chi connectivity index (χ4v) is 1.82. The van der Waals surface area contributed by atoms with Crippen LogP contribution in [0.15, 0.2) is 11.6 Å². The summed E-state index contributed by atoms with van der Waals surface area (Å²) in [6, 6.07) is 0. The zero-order chi connectivity index (χ0) is 5.28. The molecule has 0 bridgehead atoms. The maximum atomic E-state index is 10.5. The Morgan fingerprint density at radius 2 is 2.57 bits per heavy atom. The van der Waals surface area contributed by atoms with Crippen LogP contribution in [0.5, 0.6) is 0 Å². The van der Waals surface area contributed by atoms with Gasteiger partial charge in [0.15, 0.2) is 0 Å². The molecule has 1 nitrogen and oxygen atoms in total. The molecule has 0 N–H and O–H groups in total. The van der Waals surface area contributed by atoms with E-state index in [0.29, 0.717) is 0 Å². The third kappa shape index (κ3) is 1.21. The lowest BCUT2D eigenvalue weighted by Gasteiger charge is -1.98. The molecule has 0 saturated carbocycles. The lowest BCUT2D eigenvalue weighted by Crippen LogP contribution is -2.01. The summed E-state index contributed by atoms with van der Waals surface area (Å²) >= 11 is -0.546. The second-order valence-electron chi connectivity index (χ2n) is 1.80. The van der Waals surface area contributed by atoms with E-state index < -0.39 is 11.2 Å². The first kappa shape index (κ1) is 5.19. The molecule has 1 rings (SSSR count). The highest BCUT2D eigenvalue weighted by Crippen LogP contribution is 2.08. The van der Waals surface area contributed by atoms with Crippen molar-refractivity contribution in [2.45, 2.75) is 6.92 Å². The van der Waals surface area contributed by atoms with E-state index in [4.69, 9.17) is 0 Å². The second-order valence-corrected chi connectivity index (χ2v) is 3.30. The van der Waals surface area contributed by atoms with Gasteiger partial charge >= 0.3 is 0 Å². The molecule has 0 radical (unpaired) electrons. The summed E-state index contributed by atoms with van der Waals surface area (Å²) in [7, 11) is 0. The monoisotopic (exact) mass is 116 g/mol. The summed E-state index contributed by atoms with van der Waals surface area (Å²) in [6.07, 6.45) is 2.04. The summed E-state index contributed by atoms with van der Waals surface area (Å²) < 4.78 is 10.5. The van der Waals surface area contributed by atoms with Crippen LogP contribution in [0.4, 0.5) is 0 Å². The van der Waals surface area contributed by atoms with E-state index in [1.54, 1.807) is 0 Å². The van der Waals surface area contributed by atoms with Crippen molar-refractivity contribution in [3.63, 3.8) is 0 Å². The first-order chi connectivity index (χ1) is 3.29. The van der Waals surface area contributed by atoms with Crippen LogP contribution in [0.25, 0.3) is 0 Å². The first-order valence-corrected chi connectivity index (χ1v) is 3.78. The third-order valence-electron chi connectivity index (χ3n) is 1.01. The van der Waals surface area contributed by atoms with E-state index in [1.807, 2.05) is 13.0 Å². The Hall–Kier alpha value is 0.0500. The lowest BCUT2D eigenvalue weighted by molar-refractivity contribution is 0.602. The van der Waals surface area contributed by atoms with Crippen molar-refractivity contribution in [2.75, 3.05) is 11.5 Å². The Morgan fingerprint density at radius 1 is 1.86 bits per heavy atom. The zero-order valence-corrected chi connectivity index (χ0v) is 5.12. The maximum Gasteiger partial charge on any atom is 0.126 e. The molecule has 0 aromatic rings. The Bertz CT molecular complexity index is 98.3. The molecule has 0 aromatic carbocycles. The fraction of sp³-hybridized carbons (Fsp3) is 0.600. The summed E-state index contributed by atoms with van der Waals surface area (Å²) in [6.45, 7) is 2.02. The SMILES string of the molecule is CC1=CC[S+]([O-])C1. The van der Waals surface area contributed by atoms with Gasteiger partial charge in [0.05, 0.1) is 0 Å². The van der Waals surface area contributed by atoms with Crippen LogP contribution in [0.2, 0.25) is 0 Å². The predicted octanol–water partition coefficient (Wildman–Crippen LogP) is 0.695. The van der Waals surface area contributed by atoms with E-state index in [2.05, 4.69) is 0 Å². The molecule has 1 atom stereocenters. The highest BCUT2D eigenvalue weighted by Gasteiger charge is 2.11. The van der Waals surface area contributed by atoms with E-state index in [-0.39, 0.29) is 0 Å². The molecule has 1 unspecified atom stereocenters. The number of hydrogen-bond donors (Lipinski definition) is 0. The van der Waals surface area contributed by atoms with Crippen LogP contribution < -0.4 is 0 Å². The number of rotatable bonds is 0. The minimum absolute atomic E-state index is 0.546. The van der Waals surface area contributed by atoms with Crippen molar-refractivity contribution in [1.82, 2.24) is 0 Å². The molecule has 0 saturated heterocycles. The molecule has 0 spiro atoms. The lowest BCUT2D eigenvalue weighted by atomic mass is 10.3. The van der Waals surface area contributed by atoms with Crippen molar-refractivity contribution in [1.29, 1.82) is 0 Å². The van der Waals surface area contributed by atoms with Gasteiger partial charge in [-0.2, -0.15) is 0 Å². The van der Waals surface area contributed by atoms with Gasteiger partial charge in [-0.05, 0) is 29.7 Å². The van der Waals surface area contributed by atoms with Gasteiger partial charge in [0.25, 0.3) is 0 Å². The van der Waals surface area contributed by atoms with E-state index in [1.165, 1.54) is 5.57 Å². The van der Waals surface area contributed by atoms with Gasteiger partial charge in [0.1, 0.15) is 11.5 Å². The largest absolute Gasteiger partial charge is 0.616 e. The van der Waals surface area contributed by atoms with E-state index >= 15 is 0 Å². The highest BCUT2D eigenvalue weighted by atomic mass is 32.2. The van der Waals surface area contributed by atoms with Gasteiger partial charge < -0.3 is 4.55 Å². The van der Waals surface area contributed by atoms with E-state index in [0.717, 1.165) is 11.5 Å². The van der Waals surface area contributed by atoms with Crippen LogP contribution in [0, 0.1) is 0 Å². The van der Waals surface area contributed by atoms with Crippen LogP contribution in [0.1, 0.15) is 6.92 Å². The summed E-state index contributed by atoms with van der Waals surface area (Å²) in [5, 5.41) is 0. The molecule has 1 aliphatic rings. The van der Waals surface area contributed by atoms with Crippen molar-refractivity contribution in [3.8, 4) is 0 Å². The minimum atomic E-state index is -0.546. The van der Waals surface area contributed by atoms with Gasteiger partial charge in [-0.15, -0.1) is 0 Å². The average Bonchev–Trinajstić information content (AvgIpc) is 1.87. The molecule has 2 heteroatoms. The average molecular weight is 116 g/mol.